The standard InChI is InChI=1S/C24H23F2NO3/c25-24(26)30-17-21(23(28)29-16-18-10-4-1-5-11-18)27-22(19-12-6-2-7-13-19)20-14-8-3-9-15-20/h1-15,21-22,24,27H,16-17H2/t21-/m1/s1. The molecular formula is C24H23F2NO3. The normalized spacial score (nSPS) is 12.1. The van der Waals surface area contributed by atoms with Crippen LogP contribution in [0.5, 0.6) is 0 Å². The highest BCUT2D eigenvalue weighted by Gasteiger charge is 2.27. The fourth-order valence-corrected chi connectivity index (χ4v) is 3.06. The minimum Gasteiger partial charge on any atom is -0.460 e. The van der Waals surface area contributed by atoms with E-state index in [2.05, 4.69) is 10.1 Å². The van der Waals surface area contributed by atoms with E-state index >= 15 is 0 Å². The van der Waals surface area contributed by atoms with Gasteiger partial charge >= 0.3 is 12.6 Å². The quantitative estimate of drug-likeness (QED) is 0.491. The molecule has 0 saturated carbocycles. The molecule has 1 atom stereocenters. The maximum absolute atomic E-state index is 12.7. The van der Waals surface area contributed by atoms with Gasteiger partial charge in [-0.05, 0) is 16.7 Å². The zero-order valence-electron chi connectivity index (χ0n) is 16.3. The molecule has 0 heterocycles. The minimum absolute atomic E-state index is 0.0495. The number of ether oxygens (including phenoxy) is 2. The molecule has 0 bridgehead atoms. The molecule has 3 aromatic rings. The Labute approximate surface area is 174 Å². The van der Waals surface area contributed by atoms with Crippen molar-refractivity contribution in [3.8, 4) is 0 Å². The van der Waals surface area contributed by atoms with Crippen LogP contribution in [0.4, 0.5) is 8.78 Å². The summed E-state index contributed by atoms with van der Waals surface area (Å²) in [6, 6.07) is 26.6. The van der Waals surface area contributed by atoms with E-state index in [-0.39, 0.29) is 6.61 Å². The molecule has 0 saturated heterocycles. The van der Waals surface area contributed by atoms with Crippen molar-refractivity contribution < 1.29 is 23.0 Å². The van der Waals surface area contributed by atoms with E-state index < -0.39 is 31.3 Å². The highest BCUT2D eigenvalue weighted by molar-refractivity contribution is 5.76. The second-order valence-corrected chi connectivity index (χ2v) is 6.66. The third kappa shape index (κ3) is 6.47. The Bertz CT molecular complexity index is 853. The Morgan fingerprint density at radius 3 is 1.80 bits per heavy atom. The number of carbonyl (C=O) groups is 1. The van der Waals surface area contributed by atoms with Gasteiger partial charge in [-0.15, -0.1) is 0 Å². The summed E-state index contributed by atoms with van der Waals surface area (Å²) in [7, 11) is 0. The Balaban J connectivity index is 1.79. The third-order valence-electron chi connectivity index (χ3n) is 4.53. The van der Waals surface area contributed by atoms with Crippen LogP contribution < -0.4 is 5.32 Å². The number of hydrogen-bond acceptors (Lipinski definition) is 4. The van der Waals surface area contributed by atoms with E-state index in [1.807, 2.05) is 91.0 Å². The molecule has 0 radical (unpaired) electrons. The minimum atomic E-state index is -2.98. The van der Waals surface area contributed by atoms with Crippen molar-refractivity contribution in [2.45, 2.75) is 25.3 Å². The topological polar surface area (TPSA) is 47.6 Å². The first kappa shape index (κ1) is 21.6. The van der Waals surface area contributed by atoms with Crippen LogP contribution >= 0.6 is 0 Å². The van der Waals surface area contributed by atoms with Crippen LogP contribution in [0.3, 0.4) is 0 Å². The lowest BCUT2D eigenvalue weighted by Crippen LogP contribution is -2.44. The number of rotatable bonds is 10. The molecule has 0 aliphatic rings. The van der Waals surface area contributed by atoms with Gasteiger partial charge in [0.15, 0.2) is 0 Å². The second kappa shape index (κ2) is 11.2. The molecule has 1 N–H and O–H groups in total. The molecule has 0 aliphatic carbocycles. The summed E-state index contributed by atoms with van der Waals surface area (Å²) in [6.07, 6.45) is 0. The molecule has 0 aliphatic heterocycles. The van der Waals surface area contributed by atoms with Crippen molar-refractivity contribution >= 4 is 5.97 Å². The molecule has 0 spiro atoms. The van der Waals surface area contributed by atoms with Gasteiger partial charge in [-0.2, -0.15) is 8.78 Å². The number of halogens is 2. The maximum atomic E-state index is 12.7. The van der Waals surface area contributed by atoms with E-state index in [1.165, 1.54) is 0 Å². The lowest BCUT2D eigenvalue weighted by molar-refractivity contribution is -0.160. The summed E-state index contributed by atoms with van der Waals surface area (Å²) >= 11 is 0. The zero-order valence-corrected chi connectivity index (χ0v) is 16.3. The summed E-state index contributed by atoms with van der Waals surface area (Å²) in [6.45, 7) is -3.45. The third-order valence-corrected chi connectivity index (χ3v) is 4.53. The van der Waals surface area contributed by atoms with Gasteiger partial charge < -0.3 is 9.47 Å². The van der Waals surface area contributed by atoms with Crippen molar-refractivity contribution in [1.82, 2.24) is 5.32 Å². The molecule has 4 nitrogen and oxygen atoms in total. The Morgan fingerprint density at radius 1 is 0.800 bits per heavy atom. The van der Waals surface area contributed by atoms with Crippen LogP contribution in [0.2, 0.25) is 0 Å². The number of nitrogens with one attached hydrogen (secondary N) is 1. The molecule has 0 unspecified atom stereocenters. The van der Waals surface area contributed by atoms with Crippen LogP contribution in [-0.4, -0.2) is 25.2 Å². The summed E-state index contributed by atoms with van der Waals surface area (Å²) in [4.78, 5) is 12.7. The fraction of sp³-hybridized carbons (Fsp3) is 0.208. The van der Waals surface area contributed by atoms with Crippen LogP contribution in [-0.2, 0) is 20.9 Å². The molecule has 6 heteroatoms. The summed E-state index contributed by atoms with van der Waals surface area (Å²) in [5.74, 6) is -0.656. The van der Waals surface area contributed by atoms with Crippen molar-refractivity contribution in [2.75, 3.05) is 6.61 Å². The molecule has 0 amide bonds. The van der Waals surface area contributed by atoms with E-state index in [1.54, 1.807) is 0 Å². The number of benzene rings is 3. The zero-order chi connectivity index (χ0) is 21.2. The van der Waals surface area contributed by atoms with Crippen molar-refractivity contribution in [2.24, 2.45) is 0 Å². The van der Waals surface area contributed by atoms with Gasteiger partial charge in [0.1, 0.15) is 12.6 Å². The van der Waals surface area contributed by atoms with Crippen LogP contribution in [0, 0.1) is 0 Å². The van der Waals surface area contributed by atoms with Gasteiger partial charge in [-0.3, -0.25) is 10.1 Å². The second-order valence-electron chi connectivity index (χ2n) is 6.66. The molecule has 3 rings (SSSR count). The van der Waals surface area contributed by atoms with Crippen molar-refractivity contribution in [3.05, 3.63) is 108 Å². The smallest absolute Gasteiger partial charge is 0.345 e. The Kier molecular flexibility index (Phi) is 8.06. The van der Waals surface area contributed by atoms with Gasteiger partial charge in [0, 0.05) is 0 Å². The lowest BCUT2D eigenvalue weighted by atomic mass is 9.98. The molecule has 156 valence electrons. The molecule has 30 heavy (non-hydrogen) atoms. The molecular weight excluding hydrogens is 388 g/mol. The van der Waals surface area contributed by atoms with Gasteiger partial charge in [-0.25, -0.2) is 0 Å². The molecule has 0 aromatic heterocycles. The van der Waals surface area contributed by atoms with Gasteiger partial charge in [0.05, 0.1) is 12.6 Å². The fourth-order valence-electron chi connectivity index (χ4n) is 3.06. The van der Waals surface area contributed by atoms with Crippen LogP contribution in [0.15, 0.2) is 91.0 Å². The first-order valence-electron chi connectivity index (χ1n) is 9.59. The number of carbonyl (C=O) groups excluding carboxylic acids is 1. The number of alkyl halides is 2. The Hall–Kier alpha value is -3.09. The molecule has 3 aromatic carbocycles. The monoisotopic (exact) mass is 411 g/mol. The van der Waals surface area contributed by atoms with Gasteiger partial charge in [-0.1, -0.05) is 91.0 Å². The lowest BCUT2D eigenvalue weighted by Gasteiger charge is -2.25. The van der Waals surface area contributed by atoms with Gasteiger partial charge in [0.2, 0.25) is 0 Å². The van der Waals surface area contributed by atoms with Crippen LogP contribution in [0.25, 0.3) is 0 Å². The van der Waals surface area contributed by atoms with Crippen molar-refractivity contribution in [3.63, 3.8) is 0 Å². The van der Waals surface area contributed by atoms with Crippen LogP contribution in [0.1, 0.15) is 22.7 Å². The maximum Gasteiger partial charge on any atom is 0.345 e. The van der Waals surface area contributed by atoms with E-state index in [0.717, 1.165) is 16.7 Å². The average Bonchev–Trinajstić information content (AvgIpc) is 2.79. The van der Waals surface area contributed by atoms with E-state index in [9.17, 15) is 13.6 Å². The van der Waals surface area contributed by atoms with Gasteiger partial charge in [0.25, 0.3) is 0 Å². The highest BCUT2D eigenvalue weighted by Crippen LogP contribution is 2.23. The first-order valence-corrected chi connectivity index (χ1v) is 9.59. The largest absolute Gasteiger partial charge is 0.460 e. The first-order chi connectivity index (χ1) is 14.6. The number of esters is 1. The molecule has 0 fully saturated rings. The summed E-state index contributed by atoms with van der Waals surface area (Å²) in [5.41, 5.74) is 2.59. The van der Waals surface area contributed by atoms with Crippen molar-refractivity contribution in [1.29, 1.82) is 0 Å². The Morgan fingerprint density at radius 2 is 1.30 bits per heavy atom. The summed E-state index contributed by atoms with van der Waals surface area (Å²) in [5, 5.41) is 3.15. The van der Waals surface area contributed by atoms with E-state index in [0.29, 0.717) is 0 Å². The predicted octanol–water partition coefficient (Wildman–Crippen LogP) is 4.72. The van der Waals surface area contributed by atoms with E-state index in [4.69, 9.17) is 4.74 Å². The predicted molar refractivity (Wildman–Crippen MR) is 110 cm³/mol. The average molecular weight is 411 g/mol. The number of hydrogen-bond donors (Lipinski definition) is 1. The summed E-state index contributed by atoms with van der Waals surface area (Å²) < 4.78 is 35.2. The highest BCUT2D eigenvalue weighted by atomic mass is 19.3. The SMILES string of the molecule is O=C(OCc1ccccc1)[C@@H](COC(F)F)NC(c1ccccc1)c1ccccc1.